The Morgan fingerprint density at radius 3 is 2.48 bits per heavy atom. The Labute approximate surface area is 143 Å². The Balaban J connectivity index is 1.92. The normalized spacial score (nSPS) is 10.4. The van der Waals surface area contributed by atoms with Crippen molar-refractivity contribution in [1.82, 2.24) is 0 Å². The summed E-state index contributed by atoms with van der Waals surface area (Å²) in [5.41, 5.74) is 1.41. The van der Waals surface area contributed by atoms with Gasteiger partial charge in [0.1, 0.15) is 5.82 Å². The molecule has 2 rings (SSSR count). The zero-order valence-corrected chi connectivity index (χ0v) is 14.0. The Kier molecular flexibility index (Phi) is 6.19. The minimum absolute atomic E-state index is 0.0303. The molecular formula is C17H15ClFNO2S. The monoisotopic (exact) mass is 351 g/mol. The van der Waals surface area contributed by atoms with Crippen LogP contribution in [0.2, 0.25) is 5.02 Å². The van der Waals surface area contributed by atoms with E-state index in [0.29, 0.717) is 16.5 Å². The molecule has 1 N–H and O–H groups in total. The zero-order valence-electron chi connectivity index (χ0n) is 12.4. The van der Waals surface area contributed by atoms with Gasteiger partial charge in [-0.25, -0.2) is 4.39 Å². The van der Waals surface area contributed by atoms with Crippen LogP contribution in [0.4, 0.5) is 10.1 Å². The molecule has 0 aliphatic carbocycles. The van der Waals surface area contributed by atoms with Crippen LogP contribution < -0.4 is 5.32 Å². The Morgan fingerprint density at radius 2 is 1.87 bits per heavy atom. The first kappa shape index (κ1) is 17.5. The summed E-state index contributed by atoms with van der Waals surface area (Å²) in [6.45, 7) is 1.34. The van der Waals surface area contributed by atoms with Crippen molar-refractivity contribution in [2.24, 2.45) is 0 Å². The predicted octanol–water partition coefficient (Wildman–Crippen LogP) is 4.55. The first-order chi connectivity index (χ1) is 11.0. The van der Waals surface area contributed by atoms with Gasteiger partial charge in [0.2, 0.25) is 5.91 Å². The van der Waals surface area contributed by atoms with Crippen LogP contribution in [-0.4, -0.2) is 17.4 Å². The second-order valence-corrected chi connectivity index (χ2v) is 6.34. The average molecular weight is 352 g/mol. The van der Waals surface area contributed by atoms with E-state index >= 15 is 0 Å². The average Bonchev–Trinajstić information content (AvgIpc) is 2.48. The third kappa shape index (κ3) is 5.37. The fourth-order valence-electron chi connectivity index (χ4n) is 1.94. The van der Waals surface area contributed by atoms with Crippen LogP contribution >= 0.6 is 23.4 Å². The van der Waals surface area contributed by atoms with E-state index in [4.69, 9.17) is 11.6 Å². The number of nitrogens with one attached hydrogen (secondary N) is 1. The van der Waals surface area contributed by atoms with E-state index in [1.165, 1.54) is 30.8 Å². The Hall–Kier alpha value is -1.85. The lowest BCUT2D eigenvalue weighted by atomic mass is 10.1. The molecule has 0 heterocycles. The van der Waals surface area contributed by atoms with Gasteiger partial charge in [-0.3, -0.25) is 9.59 Å². The highest BCUT2D eigenvalue weighted by atomic mass is 35.5. The van der Waals surface area contributed by atoms with Gasteiger partial charge in [-0.1, -0.05) is 23.7 Å². The molecule has 1 amide bonds. The van der Waals surface area contributed by atoms with E-state index < -0.39 is 5.82 Å². The van der Waals surface area contributed by atoms with Crippen molar-refractivity contribution in [2.45, 2.75) is 12.7 Å². The summed E-state index contributed by atoms with van der Waals surface area (Å²) in [5, 5.41) is 3.14. The van der Waals surface area contributed by atoms with E-state index in [-0.39, 0.29) is 23.0 Å². The van der Waals surface area contributed by atoms with Crippen molar-refractivity contribution < 1.29 is 14.0 Å². The summed E-state index contributed by atoms with van der Waals surface area (Å²) in [6.07, 6.45) is 0. The third-order valence-electron chi connectivity index (χ3n) is 3.01. The smallest absolute Gasteiger partial charge is 0.221 e. The van der Waals surface area contributed by atoms with Crippen LogP contribution in [0.5, 0.6) is 0 Å². The minimum Gasteiger partial charge on any atom is -0.326 e. The van der Waals surface area contributed by atoms with Gasteiger partial charge >= 0.3 is 0 Å². The summed E-state index contributed by atoms with van der Waals surface area (Å²) in [4.78, 5) is 23.0. The highest BCUT2D eigenvalue weighted by Gasteiger charge is 2.12. The number of ketones is 1. The topological polar surface area (TPSA) is 46.2 Å². The molecule has 0 aromatic heterocycles. The summed E-state index contributed by atoms with van der Waals surface area (Å²) < 4.78 is 13.9. The molecule has 2 aromatic rings. The molecule has 3 nitrogen and oxygen atoms in total. The van der Waals surface area contributed by atoms with Crippen LogP contribution in [0, 0.1) is 5.82 Å². The van der Waals surface area contributed by atoms with Gasteiger partial charge in [0.15, 0.2) is 5.78 Å². The maximum Gasteiger partial charge on any atom is 0.221 e. The van der Waals surface area contributed by atoms with Gasteiger partial charge in [-0.15, -0.1) is 11.8 Å². The lowest BCUT2D eigenvalue weighted by molar-refractivity contribution is -0.114. The molecule has 2 aromatic carbocycles. The maximum atomic E-state index is 13.9. The van der Waals surface area contributed by atoms with Crippen molar-refractivity contribution in [2.75, 3.05) is 11.1 Å². The van der Waals surface area contributed by atoms with E-state index in [0.717, 1.165) is 11.6 Å². The molecule has 0 radical (unpaired) electrons. The Morgan fingerprint density at radius 1 is 1.17 bits per heavy atom. The molecule has 0 bridgehead atoms. The van der Waals surface area contributed by atoms with Crippen LogP contribution in [-0.2, 0) is 10.5 Å². The number of anilines is 1. The van der Waals surface area contributed by atoms with Crippen LogP contribution in [0.3, 0.4) is 0 Å². The van der Waals surface area contributed by atoms with Gasteiger partial charge in [-0.05, 0) is 35.9 Å². The quantitative estimate of drug-likeness (QED) is 0.776. The van der Waals surface area contributed by atoms with Crippen molar-refractivity contribution in [3.8, 4) is 0 Å². The molecule has 0 unspecified atom stereocenters. The molecule has 0 spiro atoms. The molecule has 6 heteroatoms. The molecule has 0 aliphatic rings. The summed E-state index contributed by atoms with van der Waals surface area (Å²) in [5.74, 6) is -0.376. The van der Waals surface area contributed by atoms with E-state index in [2.05, 4.69) is 5.32 Å². The fourth-order valence-corrected chi connectivity index (χ4v) is 2.94. The molecule has 0 fully saturated rings. The number of amides is 1. The molecule has 0 saturated heterocycles. The zero-order chi connectivity index (χ0) is 16.8. The predicted molar refractivity (Wildman–Crippen MR) is 92.6 cm³/mol. The molecule has 120 valence electrons. The van der Waals surface area contributed by atoms with E-state index in [1.54, 1.807) is 12.1 Å². The van der Waals surface area contributed by atoms with Gasteiger partial charge in [0.25, 0.3) is 0 Å². The molecule has 0 atom stereocenters. The summed E-state index contributed by atoms with van der Waals surface area (Å²) >= 11 is 7.22. The van der Waals surface area contributed by atoms with Crippen LogP contribution in [0.15, 0.2) is 42.5 Å². The highest BCUT2D eigenvalue weighted by Crippen LogP contribution is 2.19. The number of carbonyl (C=O) groups excluding carboxylic acids is 2. The molecule has 0 saturated carbocycles. The number of thioether (sulfide) groups is 1. The van der Waals surface area contributed by atoms with Crippen molar-refractivity contribution in [3.63, 3.8) is 0 Å². The van der Waals surface area contributed by atoms with Gasteiger partial charge in [-0.2, -0.15) is 0 Å². The number of hydrogen-bond donors (Lipinski definition) is 1. The second-order valence-electron chi connectivity index (χ2n) is 4.92. The van der Waals surface area contributed by atoms with Crippen LogP contribution in [0.1, 0.15) is 22.8 Å². The first-order valence-electron chi connectivity index (χ1n) is 6.88. The molecule has 23 heavy (non-hydrogen) atoms. The van der Waals surface area contributed by atoms with Gasteiger partial charge < -0.3 is 5.32 Å². The van der Waals surface area contributed by atoms with E-state index in [9.17, 15) is 14.0 Å². The van der Waals surface area contributed by atoms with Crippen molar-refractivity contribution in [1.29, 1.82) is 0 Å². The minimum atomic E-state index is -0.631. The summed E-state index contributed by atoms with van der Waals surface area (Å²) in [6, 6.07) is 11.4. The lowest BCUT2D eigenvalue weighted by Gasteiger charge is -2.06. The largest absolute Gasteiger partial charge is 0.326 e. The second kappa shape index (κ2) is 8.13. The third-order valence-corrected chi connectivity index (χ3v) is 4.26. The summed E-state index contributed by atoms with van der Waals surface area (Å²) in [7, 11) is 0. The SMILES string of the molecule is CC(=O)Nc1ccc(C(=O)CSCc2ccc(Cl)cc2)c(F)c1. The van der Waals surface area contributed by atoms with Crippen LogP contribution in [0.25, 0.3) is 0 Å². The fraction of sp³-hybridized carbons (Fsp3) is 0.176. The first-order valence-corrected chi connectivity index (χ1v) is 8.41. The van der Waals surface area contributed by atoms with Gasteiger partial charge in [0.05, 0.1) is 11.3 Å². The van der Waals surface area contributed by atoms with Gasteiger partial charge in [0, 0.05) is 23.4 Å². The maximum absolute atomic E-state index is 13.9. The number of carbonyl (C=O) groups is 2. The highest BCUT2D eigenvalue weighted by molar-refractivity contribution is 7.99. The molecular weight excluding hydrogens is 337 g/mol. The number of Topliss-reactive ketones (excluding diaryl/α,β-unsaturated/α-hetero) is 1. The van der Waals surface area contributed by atoms with Crippen molar-refractivity contribution >= 4 is 40.7 Å². The molecule has 0 aliphatic heterocycles. The number of hydrogen-bond acceptors (Lipinski definition) is 3. The standard InChI is InChI=1S/C17H15ClFNO2S/c1-11(21)20-14-6-7-15(16(19)8-14)17(22)10-23-9-12-2-4-13(18)5-3-12/h2-8H,9-10H2,1H3,(H,20,21). The number of rotatable bonds is 6. The van der Waals surface area contributed by atoms with E-state index in [1.807, 2.05) is 12.1 Å². The number of halogens is 2. The van der Waals surface area contributed by atoms with Crippen molar-refractivity contribution in [3.05, 3.63) is 64.4 Å². The lowest BCUT2D eigenvalue weighted by Crippen LogP contribution is -2.09. The Bertz CT molecular complexity index is 719. The number of benzene rings is 2.